The summed E-state index contributed by atoms with van der Waals surface area (Å²) in [4.78, 5) is 18.2. The molecule has 0 unspecified atom stereocenters. The first-order valence-electron chi connectivity index (χ1n) is 7.48. The molecule has 1 fully saturated rings. The number of hydrogen-bond donors (Lipinski definition) is 3. The monoisotopic (exact) mass is 435 g/mol. The number of aryl methyl sites for hydroxylation is 1. The third kappa shape index (κ3) is 8.17. The Labute approximate surface area is 149 Å². The van der Waals surface area contributed by atoms with Crippen molar-refractivity contribution in [3.8, 4) is 5.75 Å². The number of nitrogens with one attached hydrogen (secondary N) is 1. The Morgan fingerprint density at radius 1 is 1.26 bits per heavy atom. The number of carboxylic acid groups (broad SMARTS) is 2. The summed E-state index contributed by atoms with van der Waals surface area (Å²) < 4.78 is 6.98. The van der Waals surface area contributed by atoms with Crippen LogP contribution in [-0.4, -0.2) is 41.3 Å². The second-order valence-electron chi connectivity index (χ2n) is 5.33. The maximum Gasteiger partial charge on any atom is 0.414 e. The van der Waals surface area contributed by atoms with E-state index in [1.54, 1.807) is 0 Å². The van der Waals surface area contributed by atoms with Crippen LogP contribution in [0.2, 0.25) is 0 Å². The van der Waals surface area contributed by atoms with Crippen molar-refractivity contribution in [1.29, 1.82) is 0 Å². The molecular weight excluding hydrogens is 413 g/mol. The molecule has 0 heterocycles. The molecule has 1 saturated carbocycles. The fraction of sp³-hybridized carbons (Fsp3) is 0.500. The van der Waals surface area contributed by atoms with E-state index >= 15 is 0 Å². The molecule has 7 heteroatoms. The number of benzene rings is 1. The molecular formula is C16H22INO5. The SMILES string of the molecule is Cc1ccc(OCCNC2CCCC2)c(I)c1.O=C(O)C(=O)O. The van der Waals surface area contributed by atoms with E-state index < -0.39 is 11.9 Å². The molecule has 0 bridgehead atoms. The van der Waals surface area contributed by atoms with Gasteiger partial charge in [-0.25, -0.2) is 9.59 Å². The van der Waals surface area contributed by atoms with Gasteiger partial charge in [-0.05, 0) is 60.1 Å². The fourth-order valence-corrected chi connectivity index (χ4v) is 3.10. The Balaban J connectivity index is 0.000000379. The van der Waals surface area contributed by atoms with Gasteiger partial charge in [0.1, 0.15) is 12.4 Å². The van der Waals surface area contributed by atoms with E-state index in [0.29, 0.717) is 0 Å². The number of aliphatic carboxylic acids is 2. The van der Waals surface area contributed by atoms with Crippen molar-refractivity contribution in [2.75, 3.05) is 13.2 Å². The van der Waals surface area contributed by atoms with Crippen LogP contribution in [0.25, 0.3) is 0 Å². The van der Waals surface area contributed by atoms with Gasteiger partial charge >= 0.3 is 11.9 Å². The highest BCUT2D eigenvalue weighted by Crippen LogP contribution is 2.21. The lowest BCUT2D eigenvalue weighted by Crippen LogP contribution is -2.30. The van der Waals surface area contributed by atoms with Crippen LogP contribution < -0.4 is 10.1 Å². The largest absolute Gasteiger partial charge is 0.491 e. The molecule has 1 aromatic rings. The molecule has 2 rings (SSSR count). The molecule has 0 amide bonds. The summed E-state index contributed by atoms with van der Waals surface area (Å²) in [5, 5.41) is 18.3. The van der Waals surface area contributed by atoms with E-state index in [1.807, 2.05) is 0 Å². The lowest BCUT2D eigenvalue weighted by Gasteiger charge is -2.13. The molecule has 3 N–H and O–H groups in total. The van der Waals surface area contributed by atoms with E-state index in [0.717, 1.165) is 24.9 Å². The summed E-state index contributed by atoms with van der Waals surface area (Å²) in [7, 11) is 0. The topological polar surface area (TPSA) is 95.9 Å². The zero-order chi connectivity index (χ0) is 17.2. The van der Waals surface area contributed by atoms with Gasteiger partial charge in [0, 0.05) is 12.6 Å². The molecule has 1 aliphatic carbocycles. The zero-order valence-electron chi connectivity index (χ0n) is 13.0. The first kappa shape index (κ1) is 19.7. The molecule has 0 atom stereocenters. The van der Waals surface area contributed by atoms with Gasteiger partial charge in [-0.1, -0.05) is 18.9 Å². The number of hydrogen-bond acceptors (Lipinski definition) is 4. The molecule has 1 aromatic carbocycles. The van der Waals surface area contributed by atoms with Crippen LogP contribution in [0.5, 0.6) is 5.75 Å². The molecule has 6 nitrogen and oxygen atoms in total. The van der Waals surface area contributed by atoms with Crippen LogP contribution >= 0.6 is 22.6 Å². The first-order chi connectivity index (χ1) is 10.9. The standard InChI is InChI=1S/C14H20INO.C2H2O4/c1-11-6-7-14(13(15)10-11)17-9-8-16-12-4-2-3-5-12;3-1(4)2(5)6/h6-7,10,12,16H,2-5,8-9H2,1H3;(H,3,4)(H,5,6). The fourth-order valence-electron chi connectivity index (χ4n) is 2.28. The molecule has 128 valence electrons. The minimum Gasteiger partial charge on any atom is -0.491 e. The highest BCUT2D eigenvalue weighted by Gasteiger charge is 2.13. The minimum absolute atomic E-state index is 0.732. The van der Waals surface area contributed by atoms with Crippen LogP contribution in [0.1, 0.15) is 31.2 Å². The quantitative estimate of drug-likeness (QED) is 0.374. The van der Waals surface area contributed by atoms with E-state index in [1.165, 1.54) is 34.8 Å². The summed E-state index contributed by atoms with van der Waals surface area (Å²) in [5.74, 6) is -2.64. The summed E-state index contributed by atoms with van der Waals surface area (Å²) in [6.45, 7) is 3.82. The van der Waals surface area contributed by atoms with Crippen LogP contribution in [0.15, 0.2) is 18.2 Å². The lowest BCUT2D eigenvalue weighted by atomic mass is 10.2. The maximum absolute atomic E-state index is 9.10. The maximum atomic E-state index is 9.10. The number of carbonyl (C=O) groups is 2. The van der Waals surface area contributed by atoms with Gasteiger partial charge in [0.05, 0.1) is 3.57 Å². The van der Waals surface area contributed by atoms with Crippen molar-refractivity contribution in [2.45, 2.75) is 38.6 Å². The van der Waals surface area contributed by atoms with Gasteiger partial charge in [0.15, 0.2) is 0 Å². The number of halogens is 1. The Bertz CT molecular complexity index is 517. The molecule has 0 saturated heterocycles. The van der Waals surface area contributed by atoms with Crippen molar-refractivity contribution < 1.29 is 24.5 Å². The average molecular weight is 435 g/mol. The second-order valence-corrected chi connectivity index (χ2v) is 6.49. The third-order valence-corrected chi connectivity index (χ3v) is 4.26. The first-order valence-corrected chi connectivity index (χ1v) is 8.56. The van der Waals surface area contributed by atoms with Gasteiger partial charge < -0.3 is 20.3 Å². The highest BCUT2D eigenvalue weighted by atomic mass is 127. The van der Waals surface area contributed by atoms with Crippen LogP contribution in [0.4, 0.5) is 0 Å². The molecule has 0 radical (unpaired) electrons. The van der Waals surface area contributed by atoms with E-state index in [-0.39, 0.29) is 0 Å². The molecule has 0 aromatic heterocycles. The molecule has 1 aliphatic rings. The molecule has 23 heavy (non-hydrogen) atoms. The average Bonchev–Trinajstić information content (AvgIpc) is 2.99. The smallest absolute Gasteiger partial charge is 0.414 e. The molecule has 0 aliphatic heterocycles. The second kappa shape index (κ2) is 10.4. The van der Waals surface area contributed by atoms with Crippen LogP contribution in [0.3, 0.4) is 0 Å². The Morgan fingerprint density at radius 3 is 2.39 bits per heavy atom. The third-order valence-electron chi connectivity index (χ3n) is 3.42. The van der Waals surface area contributed by atoms with Gasteiger partial charge in [0.25, 0.3) is 0 Å². The minimum atomic E-state index is -1.82. The predicted octanol–water partition coefficient (Wildman–Crippen LogP) is 2.67. The normalized spacial score (nSPS) is 14.0. The van der Waals surface area contributed by atoms with Crippen LogP contribution in [0, 0.1) is 10.5 Å². The summed E-state index contributed by atoms with van der Waals surface area (Å²) >= 11 is 2.33. The number of ether oxygens (including phenoxy) is 1. The van der Waals surface area contributed by atoms with E-state index in [9.17, 15) is 0 Å². The van der Waals surface area contributed by atoms with Gasteiger partial charge in [-0.2, -0.15) is 0 Å². The van der Waals surface area contributed by atoms with Crippen LogP contribution in [-0.2, 0) is 9.59 Å². The van der Waals surface area contributed by atoms with Crippen molar-refractivity contribution in [2.24, 2.45) is 0 Å². The summed E-state index contributed by atoms with van der Waals surface area (Å²) in [6, 6.07) is 7.05. The van der Waals surface area contributed by atoms with Crippen molar-refractivity contribution >= 4 is 34.5 Å². The number of carboxylic acids is 2. The van der Waals surface area contributed by atoms with E-state index in [2.05, 4.69) is 53.0 Å². The van der Waals surface area contributed by atoms with Gasteiger partial charge in [-0.15, -0.1) is 0 Å². The van der Waals surface area contributed by atoms with Gasteiger partial charge in [0.2, 0.25) is 0 Å². The van der Waals surface area contributed by atoms with Crippen molar-refractivity contribution in [3.63, 3.8) is 0 Å². The summed E-state index contributed by atoms with van der Waals surface area (Å²) in [5.41, 5.74) is 1.28. The Morgan fingerprint density at radius 2 is 1.87 bits per heavy atom. The van der Waals surface area contributed by atoms with Crippen molar-refractivity contribution in [1.82, 2.24) is 5.32 Å². The Hall–Kier alpha value is -1.35. The highest BCUT2D eigenvalue weighted by molar-refractivity contribution is 14.1. The predicted molar refractivity (Wildman–Crippen MR) is 94.9 cm³/mol. The van der Waals surface area contributed by atoms with Crippen molar-refractivity contribution in [3.05, 3.63) is 27.3 Å². The Kier molecular flexibility index (Phi) is 8.93. The molecule has 0 spiro atoms. The summed E-state index contributed by atoms with van der Waals surface area (Å²) in [6.07, 6.45) is 5.44. The van der Waals surface area contributed by atoms with Gasteiger partial charge in [-0.3, -0.25) is 0 Å². The number of rotatable bonds is 5. The van der Waals surface area contributed by atoms with E-state index in [4.69, 9.17) is 24.5 Å². The zero-order valence-corrected chi connectivity index (χ0v) is 15.2. The lowest BCUT2D eigenvalue weighted by molar-refractivity contribution is -0.159.